The molecule has 0 aliphatic heterocycles. The van der Waals surface area contributed by atoms with Gasteiger partial charge < -0.3 is 5.32 Å². The third-order valence-electron chi connectivity index (χ3n) is 3.20. The van der Waals surface area contributed by atoms with Crippen molar-refractivity contribution in [3.05, 3.63) is 29.3 Å². The summed E-state index contributed by atoms with van der Waals surface area (Å²) < 4.78 is 0. The minimum Gasteiger partial charge on any atom is -0.382 e. The predicted octanol–water partition coefficient (Wildman–Crippen LogP) is 4.05. The van der Waals surface area contributed by atoms with Crippen molar-refractivity contribution in [3.8, 4) is 0 Å². The molecule has 1 heteroatoms. The molecule has 0 spiro atoms. The summed E-state index contributed by atoms with van der Waals surface area (Å²) in [7, 11) is 0. The van der Waals surface area contributed by atoms with Gasteiger partial charge in [-0.3, -0.25) is 0 Å². The van der Waals surface area contributed by atoms with Crippen molar-refractivity contribution < 1.29 is 0 Å². The van der Waals surface area contributed by atoms with E-state index in [1.807, 2.05) is 0 Å². The molecule has 1 aliphatic rings. The molecule has 1 aliphatic carbocycles. The highest BCUT2D eigenvalue weighted by Gasteiger charge is 2.12. The van der Waals surface area contributed by atoms with Crippen LogP contribution in [0.25, 0.3) is 0 Å². The van der Waals surface area contributed by atoms with E-state index in [1.54, 1.807) is 0 Å². The Balaban J connectivity index is 2.02. The van der Waals surface area contributed by atoms with Gasteiger partial charge in [0, 0.05) is 11.7 Å². The second-order valence-electron chi connectivity index (χ2n) is 4.86. The minimum atomic E-state index is 0.708. The average Bonchev–Trinajstić information content (AvgIpc) is 2.17. The van der Waals surface area contributed by atoms with Crippen LogP contribution in [0.5, 0.6) is 0 Å². The van der Waals surface area contributed by atoms with Gasteiger partial charge in [-0.05, 0) is 49.9 Å². The molecule has 0 unspecified atom stereocenters. The first-order valence-electron chi connectivity index (χ1n) is 6.09. The molecule has 0 radical (unpaired) electrons. The summed E-state index contributed by atoms with van der Waals surface area (Å²) >= 11 is 0. The molecule has 0 saturated heterocycles. The van der Waals surface area contributed by atoms with Crippen molar-refractivity contribution in [3.63, 3.8) is 0 Å². The van der Waals surface area contributed by atoms with Gasteiger partial charge in [0.2, 0.25) is 0 Å². The van der Waals surface area contributed by atoms with Crippen LogP contribution in [0.15, 0.2) is 18.2 Å². The highest BCUT2D eigenvalue weighted by molar-refractivity contribution is 5.49. The van der Waals surface area contributed by atoms with Gasteiger partial charge in [0.25, 0.3) is 0 Å². The van der Waals surface area contributed by atoms with E-state index >= 15 is 0 Å². The van der Waals surface area contributed by atoms with Crippen LogP contribution in [-0.2, 0) is 0 Å². The standard InChI is InChI=1S/C14H21N/c1-11-8-12(2)10-14(9-11)15-13-6-4-3-5-7-13/h8-10,13,15H,3-7H2,1-2H3. The molecule has 0 amide bonds. The molecule has 1 aromatic carbocycles. The fourth-order valence-electron chi connectivity index (χ4n) is 2.54. The molecule has 0 atom stereocenters. The summed E-state index contributed by atoms with van der Waals surface area (Å²) in [5.41, 5.74) is 4.01. The van der Waals surface area contributed by atoms with Crippen molar-refractivity contribution in [1.29, 1.82) is 0 Å². The molecule has 1 saturated carbocycles. The largest absolute Gasteiger partial charge is 0.382 e. The number of hydrogen-bond acceptors (Lipinski definition) is 1. The van der Waals surface area contributed by atoms with Gasteiger partial charge in [-0.2, -0.15) is 0 Å². The Labute approximate surface area is 92.9 Å². The van der Waals surface area contributed by atoms with Crippen molar-refractivity contribution >= 4 is 5.69 Å². The van der Waals surface area contributed by atoms with Crippen LogP contribution in [0.4, 0.5) is 5.69 Å². The molecule has 15 heavy (non-hydrogen) atoms. The van der Waals surface area contributed by atoms with Crippen LogP contribution in [0, 0.1) is 13.8 Å². The summed E-state index contributed by atoms with van der Waals surface area (Å²) in [6, 6.07) is 7.44. The summed E-state index contributed by atoms with van der Waals surface area (Å²) in [4.78, 5) is 0. The molecule has 0 heterocycles. The Bertz CT molecular complexity index is 304. The van der Waals surface area contributed by atoms with E-state index in [0.29, 0.717) is 6.04 Å². The molecular formula is C14H21N. The lowest BCUT2D eigenvalue weighted by Gasteiger charge is -2.24. The van der Waals surface area contributed by atoms with Crippen LogP contribution < -0.4 is 5.32 Å². The maximum absolute atomic E-state index is 3.66. The second-order valence-corrected chi connectivity index (χ2v) is 4.86. The zero-order valence-electron chi connectivity index (χ0n) is 9.84. The monoisotopic (exact) mass is 203 g/mol. The molecule has 82 valence electrons. The Kier molecular flexibility index (Phi) is 3.30. The lowest BCUT2D eigenvalue weighted by molar-refractivity contribution is 0.462. The average molecular weight is 203 g/mol. The molecule has 2 rings (SSSR count). The normalized spacial score (nSPS) is 17.7. The number of anilines is 1. The molecule has 1 nitrogen and oxygen atoms in total. The van der Waals surface area contributed by atoms with Crippen molar-refractivity contribution in [2.45, 2.75) is 52.0 Å². The van der Waals surface area contributed by atoms with E-state index in [-0.39, 0.29) is 0 Å². The van der Waals surface area contributed by atoms with E-state index in [9.17, 15) is 0 Å². The molecule has 1 N–H and O–H groups in total. The van der Waals surface area contributed by atoms with Crippen LogP contribution in [0.2, 0.25) is 0 Å². The smallest absolute Gasteiger partial charge is 0.0347 e. The molecule has 0 aromatic heterocycles. The fraction of sp³-hybridized carbons (Fsp3) is 0.571. The quantitative estimate of drug-likeness (QED) is 0.764. The maximum atomic E-state index is 3.66. The van der Waals surface area contributed by atoms with E-state index < -0.39 is 0 Å². The van der Waals surface area contributed by atoms with E-state index in [4.69, 9.17) is 0 Å². The van der Waals surface area contributed by atoms with Crippen LogP contribution in [-0.4, -0.2) is 6.04 Å². The van der Waals surface area contributed by atoms with Gasteiger partial charge in [-0.25, -0.2) is 0 Å². The van der Waals surface area contributed by atoms with E-state index in [0.717, 1.165) is 0 Å². The van der Waals surface area contributed by atoms with Gasteiger partial charge in [0.1, 0.15) is 0 Å². The first kappa shape index (κ1) is 10.5. The predicted molar refractivity (Wildman–Crippen MR) is 66.4 cm³/mol. The van der Waals surface area contributed by atoms with Gasteiger partial charge in [-0.1, -0.05) is 25.3 Å². The first-order valence-corrected chi connectivity index (χ1v) is 6.09. The van der Waals surface area contributed by atoms with Crippen LogP contribution in [0.3, 0.4) is 0 Å². The Morgan fingerprint density at radius 2 is 1.53 bits per heavy atom. The number of aryl methyl sites for hydroxylation is 2. The zero-order chi connectivity index (χ0) is 10.7. The summed E-state index contributed by atoms with van der Waals surface area (Å²) in [5.74, 6) is 0. The summed E-state index contributed by atoms with van der Waals surface area (Å²) in [6.07, 6.45) is 6.88. The van der Waals surface area contributed by atoms with Gasteiger partial charge in [-0.15, -0.1) is 0 Å². The Hall–Kier alpha value is -0.980. The fourth-order valence-corrected chi connectivity index (χ4v) is 2.54. The topological polar surface area (TPSA) is 12.0 Å². The Morgan fingerprint density at radius 1 is 0.933 bits per heavy atom. The second kappa shape index (κ2) is 4.69. The van der Waals surface area contributed by atoms with Crippen LogP contribution >= 0.6 is 0 Å². The highest BCUT2D eigenvalue weighted by Crippen LogP contribution is 2.22. The van der Waals surface area contributed by atoms with Crippen molar-refractivity contribution in [2.75, 3.05) is 5.32 Å². The molecule has 1 aromatic rings. The number of nitrogens with one attached hydrogen (secondary N) is 1. The summed E-state index contributed by atoms with van der Waals surface area (Å²) in [5, 5.41) is 3.66. The van der Waals surface area contributed by atoms with Gasteiger partial charge in [0.15, 0.2) is 0 Å². The summed E-state index contributed by atoms with van der Waals surface area (Å²) in [6.45, 7) is 4.33. The molecular weight excluding hydrogens is 182 g/mol. The Morgan fingerprint density at radius 3 is 2.13 bits per heavy atom. The maximum Gasteiger partial charge on any atom is 0.0347 e. The zero-order valence-corrected chi connectivity index (χ0v) is 9.84. The molecule has 0 bridgehead atoms. The van der Waals surface area contributed by atoms with E-state index in [2.05, 4.69) is 37.4 Å². The van der Waals surface area contributed by atoms with E-state index in [1.165, 1.54) is 48.9 Å². The first-order chi connectivity index (χ1) is 7.24. The van der Waals surface area contributed by atoms with Gasteiger partial charge in [0.05, 0.1) is 0 Å². The SMILES string of the molecule is Cc1cc(C)cc(NC2CCCCC2)c1. The highest BCUT2D eigenvalue weighted by atomic mass is 14.9. The lowest BCUT2D eigenvalue weighted by Crippen LogP contribution is -2.22. The van der Waals surface area contributed by atoms with Crippen molar-refractivity contribution in [1.82, 2.24) is 0 Å². The minimum absolute atomic E-state index is 0.708. The lowest BCUT2D eigenvalue weighted by atomic mass is 9.95. The third kappa shape index (κ3) is 2.98. The molecule has 1 fully saturated rings. The van der Waals surface area contributed by atoms with Gasteiger partial charge >= 0.3 is 0 Å². The number of benzene rings is 1. The number of rotatable bonds is 2. The third-order valence-corrected chi connectivity index (χ3v) is 3.20. The van der Waals surface area contributed by atoms with Crippen molar-refractivity contribution in [2.24, 2.45) is 0 Å². The van der Waals surface area contributed by atoms with Crippen LogP contribution in [0.1, 0.15) is 43.2 Å². The number of hydrogen-bond donors (Lipinski definition) is 1.